The molecule has 0 unspecified atom stereocenters. The summed E-state index contributed by atoms with van der Waals surface area (Å²) >= 11 is 0. The monoisotopic (exact) mass is 393 g/mol. The molecule has 0 spiro atoms. The maximum absolute atomic E-state index is 12.8. The van der Waals surface area contributed by atoms with Crippen molar-refractivity contribution in [2.24, 2.45) is 0 Å². The first kappa shape index (κ1) is 21.1. The predicted molar refractivity (Wildman–Crippen MR) is 97.6 cm³/mol. The van der Waals surface area contributed by atoms with E-state index in [1.165, 1.54) is 30.0 Å². The summed E-state index contributed by atoms with van der Waals surface area (Å²) in [5.74, 6) is -1.62. The van der Waals surface area contributed by atoms with Gasteiger partial charge in [0.1, 0.15) is 6.04 Å². The average molecular weight is 393 g/mol. The minimum Gasteiger partial charge on any atom is -0.474 e. The second-order valence-corrected chi connectivity index (χ2v) is 6.25. The number of nitro benzene ring substituents is 1. The molecule has 2 rings (SSSR count). The third-order valence-corrected chi connectivity index (χ3v) is 4.15. The van der Waals surface area contributed by atoms with Gasteiger partial charge in [0.15, 0.2) is 11.9 Å². The molecule has 1 saturated heterocycles. The van der Waals surface area contributed by atoms with E-state index < -0.39 is 34.9 Å². The third-order valence-electron chi connectivity index (χ3n) is 4.15. The number of piperazine rings is 1. The standard InChI is InChI=1S/C18H23N3O7/c1-3-10-27-16(22)11-14-17(23)19-8-9-20(14)18(24)12(2)28-15-7-5-4-6-13(15)21(25)26/h4-7,12,14H,3,8-11H2,1-2H3,(H,19,23)/t12-,14+/m0/s1. The molecule has 0 saturated carbocycles. The number of rotatable bonds is 8. The van der Waals surface area contributed by atoms with E-state index in [0.717, 1.165) is 0 Å². The lowest BCUT2D eigenvalue weighted by atomic mass is 10.1. The highest BCUT2D eigenvalue weighted by Gasteiger charge is 2.37. The highest BCUT2D eigenvalue weighted by Crippen LogP contribution is 2.27. The first-order valence-corrected chi connectivity index (χ1v) is 8.99. The molecule has 0 radical (unpaired) electrons. The van der Waals surface area contributed by atoms with Gasteiger partial charge in [-0.15, -0.1) is 0 Å². The van der Waals surface area contributed by atoms with Gasteiger partial charge in [0, 0.05) is 19.2 Å². The van der Waals surface area contributed by atoms with Crippen LogP contribution in [0.5, 0.6) is 5.75 Å². The van der Waals surface area contributed by atoms with Crippen molar-refractivity contribution in [3.63, 3.8) is 0 Å². The molecule has 1 aromatic carbocycles. The number of nitrogens with zero attached hydrogens (tertiary/aromatic N) is 2. The zero-order valence-electron chi connectivity index (χ0n) is 15.8. The Bertz CT molecular complexity index is 752. The van der Waals surface area contributed by atoms with E-state index in [0.29, 0.717) is 6.42 Å². The molecule has 1 aliphatic heterocycles. The lowest BCUT2D eigenvalue weighted by Gasteiger charge is -2.35. The summed E-state index contributed by atoms with van der Waals surface area (Å²) in [7, 11) is 0. The van der Waals surface area contributed by atoms with Crippen LogP contribution >= 0.6 is 0 Å². The van der Waals surface area contributed by atoms with E-state index in [1.807, 2.05) is 6.92 Å². The molecule has 2 amide bonds. The van der Waals surface area contributed by atoms with E-state index in [-0.39, 0.29) is 37.6 Å². The van der Waals surface area contributed by atoms with Crippen molar-refractivity contribution in [3.8, 4) is 5.75 Å². The van der Waals surface area contributed by atoms with E-state index in [2.05, 4.69) is 5.32 Å². The van der Waals surface area contributed by atoms with Gasteiger partial charge >= 0.3 is 11.7 Å². The van der Waals surface area contributed by atoms with E-state index in [1.54, 1.807) is 6.07 Å². The average Bonchev–Trinajstić information content (AvgIpc) is 2.67. The van der Waals surface area contributed by atoms with Crippen LogP contribution in [-0.4, -0.2) is 59.4 Å². The molecular formula is C18H23N3O7. The van der Waals surface area contributed by atoms with Crippen LogP contribution in [0.3, 0.4) is 0 Å². The molecule has 1 aromatic rings. The van der Waals surface area contributed by atoms with Crippen molar-refractivity contribution in [1.82, 2.24) is 10.2 Å². The third kappa shape index (κ3) is 5.18. The SMILES string of the molecule is CCCOC(=O)C[C@@H]1C(=O)NCCN1C(=O)[C@H](C)Oc1ccccc1[N+](=O)[O-]. The molecule has 1 aliphatic rings. The summed E-state index contributed by atoms with van der Waals surface area (Å²) in [6.45, 7) is 3.96. The number of benzene rings is 1. The summed E-state index contributed by atoms with van der Waals surface area (Å²) in [5.41, 5.74) is -0.266. The molecule has 1 heterocycles. The van der Waals surface area contributed by atoms with Crippen LogP contribution in [0.2, 0.25) is 0 Å². The van der Waals surface area contributed by atoms with Gasteiger partial charge < -0.3 is 19.7 Å². The van der Waals surface area contributed by atoms with Crippen LogP contribution in [0.4, 0.5) is 5.69 Å². The molecule has 1 fully saturated rings. The van der Waals surface area contributed by atoms with Gasteiger partial charge in [-0.05, 0) is 19.4 Å². The second-order valence-electron chi connectivity index (χ2n) is 6.25. The Morgan fingerprint density at radius 3 is 2.79 bits per heavy atom. The molecule has 2 atom stereocenters. The number of amides is 2. The van der Waals surface area contributed by atoms with Gasteiger partial charge in [-0.25, -0.2) is 0 Å². The Morgan fingerprint density at radius 2 is 2.11 bits per heavy atom. The van der Waals surface area contributed by atoms with Crippen molar-refractivity contribution in [1.29, 1.82) is 0 Å². The van der Waals surface area contributed by atoms with E-state index in [9.17, 15) is 24.5 Å². The maximum atomic E-state index is 12.8. The van der Waals surface area contributed by atoms with Crippen LogP contribution < -0.4 is 10.1 Å². The van der Waals surface area contributed by atoms with Gasteiger partial charge in [0.2, 0.25) is 5.91 Å². The molecule has 10 nitrogen and oxygen atoms in total. The Morgan fingerprint density at radius 1 is 1.39 bits per heavy atom. The fourth-order valence-electron chi connectivity index (χ4n) is 2.80. The van der Waals surface area contributed by atoms with Crippen LogP contribution in [0.1, 0.15) is 26.7 Å². The maximum Gasteiger partial charge on any atom is 0.310 e. The number of carbonyl (C=O) groups excluding carboxylic acids is 3. The largest absolute Gasteiger partial charge is 0.474 e. The normalized spacial score (nSPS) is 17.4. The molecule has 0 aliphatic carbocycles. The van der Waals surface area contributed by atoms with Gasteiger partial charge in [0.25, 0.3) is 5.91 Å². The molecule has 10 heteroatoms. The lowest BCUT2D eigenvalue weighted by Crippen LogP contribution is -2.60. The number of esters is 1. The van der Waals surface area contributed by atoms with Gasteiger partial charge in [0.05, 0.1) is 18.0 Å². The van der Waals surface area contributed by atoms with Crippen molar-refractivity contribution in [2.75, 3.05) is 19.7 Å². The first-order valence-electron chi connectivity index (χ1n) is 8.99. The number of para-hydroxylation sites is 2. The highest BCUT2D eigenvalue weighted by atomic mass is 16.6. The summed E-state index contributed by atoms with van der Waals surface area (Å²) in [4.78, 5) is 48.7. The zero-order chi connectivity index (χ0) is 20.7. The molecule has 0 bridgehead atoms. The summed E-state index contributed by atoms with van der Waals surface area (Å²) in [6, 6.07) is 4.70. The molecule has 28 heavy (non-hydrogen) atoms. The Balaban J connectivity index is 2.12. The fraction of sp³-hybridized carbons (Fsp3) is 0.500. The first-order chi connectivity index (χ1) is 13.3. The smallest absolute Gasteiger partial charge is 0.310 e. The Kier molecular flexibility index (Phi) is 7.30. The second kappa shape index (κ2) is 9.67. The Hall–Kier alpha value is -3.17. The van der Waals surface area contributed by atoms with Crippen molar-refractivity contribution >= 4 is 23.5 Å². The van der Waals surface area contributed by atoms with Crippen LogP contribution in [0.25, 0.3) is 0 Å². The summed E-state index contributed by atoms with van der Waals surface area (Å²) < 4.78 is 10.5. The quantitative estimate of drug-likeness (QED) is 0.397. The van der Waals surface area contributed by atoms with Gasteiger partial charge in [-0.2, -0.15) is 0 Å². The van der Waals surface area contributed by atoms with E-state index >= 15 is 0 Å². The molecular weight excluding hydrogens is 370 g/mol. The van der Waals surface area contributed by atoms with Crippen molar-refractivity contribution in [3.05, 3.63) is 34.4 Å². The minimum atomic E-state index is -1.08. The highest BCUT2D eigenvalue weighted by molar-refractivity contribution is 5.93. The summed E-state index contributed by atoms with van der Waals surface area (Å²) in [6.07, 6.45) is -0.706. The number of hydrogen-bond acceptors (Lipinski definition) is 7. The zero-order valence-corrected chi connectivity index (χ0v) is 15.8. The molecule has 152 valence electrons. The van der Waals surface area contributed by atoms with E-state index in [4.69, 9.17) is 9.47 Å². The number of ether oxygens (including phenoxy) is 2. The van der Waals surface area contributed by atoms with Crippen molar-refractivity contribution in [2.45, 2.75) is 38.8 Å². The van der Waals surface area contributed by atoms with Crippen LogP contribution in [0.15, 0.2) is 24.3 Å². The van der Waals surface area contributed by atoms with Gasteiger partial charge in [-0.3, -0.25) is 24.5 Å². The number of nitro groups is 1. The topological polar surface area (TPSA) is 128 Å². The van der Waals surface area contributed by atoms with Crippen LogP contribution in [0, 0.1) is 10.1 Å². The van der Waals surface area contributed by atoms with Gasteiger partial charge in [-0.1, -0.05) is 19.1 Å². The number of nitrogens with one attached hydrogen (secondary N) is 1. The Labute approximate surface area is 161 Å². The summed E-state index contributed by atoms with van der Waals surface area (Å²) in [5, 5.41) is 13.7. The van der Waals surface area contributed by atoms with Crippen molar-refractivity contribution < 1.29 is 28.8 Å². The number of hydrogen-bond donors (Lipinski definition) is 1. The van der Waals surface area contributed by atoms with Crippen LogP contribution in [-0.2, 0) is 19.1 Å². The predicted octanol–water partition coefficient (Wildman–Crippen LogP) is 1.03. The lowest BCUT2D eigenvalue weighted by molar-refractivity contribution is -0.386. The molecule has 1 N–H and O–H groups in total. The minimum absolute atomic E-state index is 0.0475. The fourth-order valence-corrected chi connectivity index (χ4v) is 2.80. The number of carbonyl (C=O) groups is 3. The molecule has 0 aromatic heterocycles.